The van der Waals surface area contributed by atoms with E-state index >= 15 is 0 Å². The third-order valence-electron chi connectivity index (χ3n) is 3.93. The van der Waals surface area contributed by atoms with Crippen molar-refractivity contribution in [1.82, 2.24) is 10.9 Å². The molecule has 0 radical (unpaired) electrons. The van der Waals surface area contributed by atoms with Gasteiger partial charge in [-0.25, -0.2) is 0 Å². The Morgan fingerprint density at radius 1 is 0.862 bits per heavy atom. The van der Waals surface area contributed by atoms with Crippen LogP contribution in [0.15, 0.2) is 72.1 Å². The van der Waals surface area contributed by atoms with E-state index in [2.05, 4.69) is 16.2 Å². The second kappa shape index (κ2) is 9.48. The minimum Gasteiger partial charge on any atom is -0.322 e. The molecule has 0 fully saturated rings. The Balaban J connectivity index is 1.52. The van der Waals surface area contributed by atoms with E-state index in [0.29, 0.717) is 16.8 Å². The normalized spacial score (nSPS) is 10.5. The molecule has 0 aliphatic heterocycles. The van der Waals surface area contributed by atoms with Crippen molar-refractivity contribution in [2.75, 3.05) is 5.32 Å². The fraction of sp³-hybridized carbons (Fsp3) is 0.0455. The molecule has 1 aromatic heterocycles. The smallest absolute Gasteiger partial charge is 0.269 e. The van der Waals surface area contributed by atoms with Gasteiger partial charge in [0.25, 0.3) is 17.7 Å². The lowest BCUT2D eigenvalue weighted by molar-refractivity contribution is -0.117. The number of hydrogen-bond acceptors (Lipinski definition) is 4. The van der Waals surface area contributed by atoms with Crippen LogP contribution in [0.3, 0.4) is 0 Å². The molecular weight excluding hydrogens is 386 g/mol. The summed E-state index contributed by atoms with van der Waals surface area (Å²) in [4.78, 5) is 37.1. The molecule has 29 heavy (non-hydrogen) atoms. The minimum absolute atomic E-state index is 0.226. The van der Waals surface area contributed by atoms with E-state index < -0.39 is 11.8 Å². The van der Waals surface area contributed by atoms with Gasteiger partial charge >= 0.3 is 0 Å². The van der Waals surface area contributed by atoms with Crippen molar-refractivity contribution in [2.24, 2.45) is 0 Å². The molecule has 1 heterocycles. The highest BCUT2D eigenvalue weighted by Gasteiger charge is 2.09. The number of anilines is 1. The van der Waals surface area contributed by atoms with Crippen LogP contribution in [0.2, 0.25) is 0 Å². The van der Waals surface area contributed by atoms with E-state index in [9.17, 15) is 14.4 Å². The summed E-state index contributed by atoms with van der Waals surface area (Å²) in [7, 11) is 0. The number of carbonyl (C=O) groups excluding carboxylic acids is 3. The molecule has 0 saturated carbocycles. The predicted octanol–water partition coefficient (Wildman–Crippen LogP) is 3.78. The van der Waals surface area contributed by atoms with Gasteiger partial charge in [-0.1, -0.05) is 23.8 Å². The first-order valence-electron chi connectivity index (χ1n) is 8.81. The van der Waals surface area contributed by atoms with Gasteiger partial charge in [0.1, 0.15) is 0 Å². The Kier molecular flexibility index (Phi) is 6.55. The lowest BCUT2D eigenvalue weighted by atomic mass is 10.1. The summed E-state index contributed by atoms with van der Waals surface area (Å²) < 4.78 is 0. The zero-order valence-corrected chi connectivity index (χ0v) is 16.5. The Labute approximate surface area is 172 Å². The van der Waals surface area contributed by atoms with Gasteiger partial charge in [-0.3, -0.25) is 25.2 Å². The second-order valence-electron chi connectivity index (χ2n) is 6.19. The van der Waals surface area contributed by atoms with E-state index in [0.717, 1.165) is 10.4 Å². The molecule has 3 N–H and O–H groups in total. The van der Waals surface area contributed by atoms with Crippen LogP contribution in [0.25, 0.3) is 6.08 Å². The van der Waals surface area contributed by atoms with Gasteiger partial charge in [0.2, 0.25) is 0 Å². The maximum atomic E-state index is 12.3. The van der Waals surface area contributed by atoms with Crippen molar-refractivity contribution in [2.45, 2.75) is 6.92 Å². The second-order valence-corrected chi connectivity index (χ2v) is 7.17. The fourth-order valence-corrected chi connectivity index (χ4v) is 3.09. The number of thiophene rings is 1. The summed E-state index contributed by atoms with van der Waals surface area (Å²) >= 11 is 1.51. The molecular formula is C22H19N3O3S. The maximum Gasteiger partial charge on any atom is 0.269 e. The van der Waals surface area contributed by atoms with E-state index in [4.69, 9.17) is 0 Å². The molecule has 0 aliphatic carbocycles. The Morgan fingerprint density at radius 2 is 1.66 bits per heavy atom. The summed E-state index contributed by atoms with van der Waals surface area (Å²) in [6.45, 7) is 1.92. The van der Waals surface area contributed by atoms with Crippen LogP contribution in [0.5, 0.6) is 0 Å². The van der Waals surface area contributed by atoms with Crippen molar-refractivity contribution in [3.63, 3.8) is 0 Å². The van der Waals surface area contributed by atoms with E-state index in [1.165, 1.54) is 17.4 Å². The average Bonchev–Trinajstić information content (AvgIpc) is 3.24. The molecule has 0 aliphatic rings. The lowest BCUT2D eigenvalue weighted by Crippen LogP contribution is -2.40. The number of nitrogens with one attached hydrogen (secondary N) is 3. The molecule has 6 nitrogen and oxygen atoms in total. The van der Waals surface area contributed by atoms with Crippen molar-refractivity contribution in [3.05, 3.63) is 93.7 Å². The molecule has 3 amide bonds. The summed E-state index contributed by atoms with van der Waals surface area (Å²) in [5.74, 6) is -1.12. The predicted molar refractivity (Wildman–Crippen MR) is 115 cm³/mol. The van der Waals surface area contributed by atoms with Crippen LogP contribution < -0.4 is 16.2 Å². The molecule has 0 bridgehead atoms. The van der Waals surface area contributed by atoms with Crippen LogP contribution in [0, 0.1) is 6.92 Å². The fourth-order valence-electron chi connectivity index (χ4n) is 2.47. The van der Waals surface area contributed by atoms with Crippen molar-refractivity contribution >= 4 is 40.8 Å². The van der Waals surface area contributed by atoms with Gasteiger partial charge in [-0.2, -0.15) is 0 Å². The number of aryl methyl sites for hydroxylation is 1. The highest BCUT2D eigenvalue weighted by Crippen LogP contribution is 2.12. The molecule has 0 spiro atoms. The summed E-state index contributed by atoms with van der Waals surface area (Å²) in [6.07, 6.45) is 3.01. The average molecular weight is 405 g/mol. The van der Waals surface area contributed by atoms with Crippen molar-refractivity contribution < 1.29 is 14.4 Å². The molecule has 2 aromatic carbocycles. The standard InChI is InChI=1S/C22H19N3O3S/c1-15-4-2-5-17(14-15)21(27)23-18-9-7-16(8-10-18)22(28)25-24-20(26)12-11-19-6-3-13-29-19/h2-14H,1H3,(H,23,27)(H,24,26)(H,25,28)/b12-11+. The first kappa shape index (κ1) is 20.0. The topological polar surface area (TPSA) is 87.3 Å². The van der Waals surface area contributed by atoms with Crippen LogP contribution in [-0.4, -0.2) is 17.7 Å². The molecule has 3 rings (SSSR count). The van der Waals surface area contributed by atoms with Crippen molar-refractivity contribution in [3.8, 4) is 0 Å². The van der Waals surface area contributed by atoms with Gasteiger partial charge in [0, 0.05) is 27.8 Å². The van der Waals surface area contributed by atoms with Gasteiger partial charge < -0.3 is 5.32 Å². The summed E-state index contributed by atoms with van der Waals surface area (Å²) in [5.41, 5.74) is 7.15. The van der Waals surface area contributed by atoms with E-state index in [1.54, 1.807) is 42.5 Å². The summed E-state index contributed by atoms with van der Waals surface area (Å²) in [5, 5.41) is 4.69. The first-order chi connectivity index (χ1) is 14.0. The van der Waals surface area contributed by atoms with Crippen molar-refractivity contribution in [1.29, 1.82) is 0 Å². The Hall–Kier alpha value is -3.71. The van der Waals surface area contributed by atoms with Gasteiger partial charge in [0.15, 0.2) is 0 Å². The molecule has 0 saturated heterocycles. The number of amides is 3. The zero-order valence-electron chi connectivity index (χ0n) is 15.6. The van der Waals surface area contributed by atoms with E-state index in [-0.39, 0.29) is 5.91 Å². The number of benzene rings is 2. The van der Waals surface area contributed by atoms with Crippen LogP contribution in [-0.2, 0) is 4.79 Å². The number of carbonyl (C=O) groups is 3. The first-order valence-corrected chi connectivity index (χ1v) is 9.69. The molecule has 3 aromatic rings. The molecule has 0 unspecified atom stereocenters. The lowest BCUT2D eigenvalue weighted by Gasteiger charge is -2.08. The van der Waals surface area contributed by atoms with Gasteiger partial charge in [0.05, 0.1) is 0 Å². The summed E-state index contributed by atoms with van der Waals surface area (Å²) in [6, 6.07) is 17.4. The highest BCUT2D eigenvalue weighted by molar-refractivity contribution is 7.10. The zero-order chi connectivity index (χ0) is 20.6. The number of rotatable bonds is 5. The van der Waals surface area contributed by atoms with Gasteiger partial charge in [-0.15, -0.1) is 11.3 Å². The highest BCUT2D eigenvalue weighted by atomic mass is 32.1. The molecule has 7 heteroatoms. The van der Waals surface area contributed by atoms with Crippen LogP contribution in [0.4, 0.5) is 5.69 Å². The maximum absolute atomic E-state index is 12.3. The van der Waals surface area contributed by atoms with Crippen LogP contribution >= 0.6 is 11.3 Å². The molecule has 146 valence electrons. The largest absolute Gasteiger partial charge is 0.322 e. The Bertz CT molecular complexity index is 1040. The Morgan fingerprint density at radius 3 is 2.34 bits per heavy atom. The quantitative estimate of drug-likeness (QED) is 0.446. The number of hydrogen-bond donors (Lipinski definition) is 3. The third kappa shape index (κ3) is 5.88. The third-order valence-corrected chi connectivity index (χ3v) is 4.76. The minimum atomic E-state index is -0.459. The van der Waals surface area contributed by atoms with Gasteiger partial charge in [-0.05, 0) is 60.8 Å². The number of hydrazine groups is 1. The SMILES string of the molecule is Cc1cccc(C(=O)Nc2ccc(C(=O)NNC(=O)/C=C/c3cccs3)cc2)c1. The van der Waals surface area contributed by atoms with Crippen LogP contribution in [0.1, 0.15) is 31.2 Å². The molecule has 0 atom stereocenters. The monoisotopic (exact) mass is 405 g/mol. The van der Waals surface area contributed by atoms with E-state index in [1.807, 2.05) is 36.6 Å².